The molecule has 0 fully saturated rings. The monoisotopic (exact) mass is 401 g/mol. The Morgan fingerprint density at radius 2 is 1.90 bits per heavy atom. The van der Waals surface area contributed by atoms with E-state index in [2.05, 4.69) is 47.8 Å². The molecule has 0 bridgehead atoms. The number of para-hydroxylation sites is 1. The maximum absolute atomic E-state index is 12.4. The van der Waals surface area contributed by atoms with Gasteiger partial charge in [0.1, 0.15) is 0 Å². The maximum Gasteiger partial charge on any atom is 0.337 e. The lowest BCUT2D eigenvalue weighted by Gasteiger charge is -2.29. The Labute approximate surface area is 177 Å². The zero-order valence-electron chi connectivity index (χ0n) is 17.8. The Bertz CT molecular complexity index is 1150. The van der Waals surface area contributed by atoms with Crippen LogP contribution in [0.2, 0.25) is 0 Å². The molecule has 1 aliphatic heterocycles. The van der Waals surface area contributed by atoms with Crippen molar-refractivity contribution in [3.63, 3.8) is 0 Å². The first-order chi connectivity index (χ1) is 14.3. The molecule has 4 nitrogen and oxygen atoms in total. The van der Waals surface area contributed by atoms with Gasteiger partial charge in [0.2, 0.25) is 0 Å². The summed E-state index contributed by atoms with van der Waals surface area (Å²) in [6, 6.07) is 16.3. The van der Waals surface area contributed by atoms with E-state index >= 15 is 0 Å². The van der Waals surface area contributed by atoms with E-state index in [1.54, 1.807) is 0 Å². The number of carbonyl (C=O) groups is 1. The Kier molecular flexibility index (Phi) is 5.12. The first-order valence-electron chi connectivity index (χ1n) is 10.2. The fourth-order valence-corrected chi connectivity index (χ4v) is 4.18. The zero-order chi connectivity index (χ0) is 21.5. The van der Waals surface area contributed by atoms with E-state index in [0.717, 1.165) is 45.3 Å². The summed E-state index contributed by atoms with van der Waals surface area (Å²) in [4.78, 5) is 12.4. The van der Waals surface area contributed by atoms with Crippen LogP contribution in [0.25, 0.3) is 28.0 Å². The van der Waals surface area contributed by atoms with E-state index in [1.165, 1.54) is 0 Å². The number of rotatable bonds is 4. The van der Waals surface area contributed by atoms with E-state index in [1.807, 2.05) is 45.9 Å². The van der Waals surface area contributed by atoms with Gasteiger partial charge in [-0.25, -0.2) is 4.79 Å². The van der Waals surface area contributed by atoms with E-state index in [9.17, 15) is 9.90 Å². The number of ether oxygens (including phenoxy) is 1. The normalized spacial score (nSPS) is 14.3. The highest BCUT2D eigenvalue weighted by Crippen LogP contribution is 2.44. The number of anilines is 1. The average molecular weight is 402 g/mol. The highest BCUT2D eigenvalue weighted by molar-refractivity contribution is 6.04. The predicted octanol–water partition coefficient (Wildman–Crippen LogP) is 6.19. The molecule has 154 valence electrons. The minimum Gasteiger partial charge on any atom is -0.479 e. The molecule has 0 aliphatic carbocycles. The third-order valence-electron chi connectivity index (χ3n) is 5.31. The van der Waals surface area contributed by atoms with Gasteiger partial charge in [-0.1, -0.05) is 60.7 Å². The van der Waals surface area contributed by atoms with Crippen molar-refractivity contribution >= 4 is 28.5 Å². The topological polar surface area (TPSA) is 58.6 Å². The minimum absolute atomic E-state index is 0.602. The highest BCUT2D eigenvalue weighted by Gasteiger charge is 2.32. The molecule has 3 aromatic carbocycles. The molecule has 1 aliphatic rings. The summed E-state index contributed by atoms with van der Waals surface area (Å²) in [6.07, 6.45) is 3.12. The Balaban J connectivity index is 2.09. The molecule has 1 unspecified atom stereocenters. The molecule has 4 rings (SSSR count). The summed E-state index contributed by atoms with van der Waals surface area (Å²) in [6.45, 7) is 8.36. The standard InChI is InChI=1S/C26H27NO3/c1-16-15-18-9-5-6-12-19(18)22(21(16)24(25(28)29)30-26(2,3)4)20-13-7-10-17-11-8-14-27-23(17)20/h5-13,15,24,27H,14H2,1-4H3,(H,28,29). The van der Waals surface area contributed by atoms with E-state index in [4.69, 9.17) is 4.74 Å². The number of carboxylic acids is 1. The van der Waals surface area contributed by atoms with Gasteiger partial charge in [-0.3, -0.25) is 0 Å². The van der Waals surface area contributed by atoms with Crippen molar-refractivity contribution in [2.45, 2.75) is 39.4 Å². The van der Waals surface area contributed by atoms with Gasteiger partial charge in [-0.05, 0) is 55.2 Å². The molecule has 0 spiro atoms. The van der Waals surface area contributed by atoms with Gasteiger partial charge in [-0.2, -0.15) is 0 Å². The van der Waals surface area contributed by atoms with Gasteiger partial charge in [-0.15, -0.1) is 0 Å². The quantitative estimate of drug-likeness (QED) is 0.547. The molecular formula is C26H27NO3. The second-order valence-electron chi connectivity index (χ2n) is 8.70. The summed E-state index contributed by atoms with van der Waals surface area (Å²) in [7, 11) is 0. The van der Waals surface area contributed by atoms with Gasteiger partial charge >= 0.3 is 5.97 Å². The van der Waals surface area contributed by atoms with Gasteiger partial charge in [0, 0.05) is 23.4 Å². The molecule has 2 N–H and O–H groups in total. The molecule has 0 aromatic heterocycles. The van der Waals surface area contributed by atoms with Gasteiger partial charge < -0.3 is 15.2 Å². The SMILES string of the molecule is Cc1cc2ccccc2c(-c2cccc3c2NCC=C3)c1C(OC(C)(C)C)C(=O)O. The van der Waals surface area contributed by atoms with Crippen molar-refractivity contribution in [3.05, 3.63) is 71.3 Å². The molecular weight excluding hydrogens is 374 g/mol. The van der Waals surface area contributed by atoms with Crippen molar-refractivity contribution < 1.29 is 14.6 Å². The van der Waals surface area contributed by atoms with E-state index < -0.39 is 17.7 Å². The summed E-state index contributed by atoms with van der Waals surface area (Å²) in [5.74, 6) is -0.984. The number of fused-ring (bicyclic) bond motifs is 2. The predicted molar refractivity (Wildman–Crippen MR) is 123 cm³/mol. The lowest BCUT2D eigenvalue weighted by atomic mass is 9.85. The number of aryl methyl sites for hydroxylation is 1. The van der Waals surface area contributed by atoms with Gasteiger partial charge in [0.05, 0.1) is 5.60 Å². The number of hydrogen-bond acceptors (Lipinski definition) is 3. The highest BCUT2D eigenvalue weighted by atomic mass is 16.5. The maximum atomic E-state index is 12.4. The van der Waals surface area contributed by atoms with Gasteiger partial charge in [0.25, 0.3) is 0 Å². The summed E-state index contributed by atoms with van der Waals surface area (Å²) >= 11 is 0. The number of carboxylic acid groups (broad SMARTS) is 1. The van der Waals surface area contributed by atoms with Crippen molar-refractivity contribution in [1.29, 1.82) is 0 Å². The van der Waals surface area contributed by atoms with Crippen LogP contribution in [0.3, 0.4) is 0 Å². The van der Waals surface area contributed by atoms with Crippen LogP contribution in [0.1, 0.15) is 43.6 Å². The van der Waals surface area contributed by atoms with Crippen LogP contribution >= 0.6 is 0 Å². The molecule has 0 radical (unpaired) electrons. The molecule has 0 saturated carbocycles. The van der Waals surface area contributed by atoms with Crippen LogP contribution in [0.5, 0.6) is 0 Å². The average Bonchev–Trinajstić information content (AvgIpc) is 2.70. The Morgan fingerprint density at radius 1 is 1.13 bits per heavy atom. The van der Waals surface area contributed by atoms with Crippen LogP contribution in [-0.2, 0) is 9.53 Å². The van der Waals surface area contributed by atoms with Crippen LogP contribution in [0, 0.1) is 6.92 Å². The first kappa shape index (κ1) is 20.2. The van der Waals surface area contributed by atoms with Crippen molar-refractivity contribution in [2.24, 2.45) is 0 Å². The van der Waals surface area contributed by atoms with Gasteiger partial charge in [0.15, 0.2) is 6.10 Å². The van der Waals surface area contributed by atoms with Crippen molar-refractivity contribution in [1.82, 2.24) is 0 Å². The fraction of sp³-hybridized carbons (Fsp3) is 0.269. The number of benzene rings is 3. The molecule has 0 saturated heterocycles. The fourth-order valence-electron chi connectivity index (χ4n) is 4.18. The Morgan fingerprint density at radius 3 is 2.63 bits per heavy atom. The number of hydrogen-bond donors (Lipinski definition) is 2. The smallest absolute Gasteiger partial charge is 0.337 e. The molecule has 1 atom stereocenters. The minimum atomic E-state index is -1.07. The van der Waals surface area contributed by atoms with Crippen LogP contribution < -0.4 is 5.32 Å². The second-order valence-corrected chi connectivity index (χ2v) is 8.70. The van der Waals surface area contributed by atoms with E-state index in [-0.39, 0.29) is 0 Å². The summed E-state index contributed by atoms with van der Waals surface area (Å²) < 4.78 is 6.09. The largest absolute Gasteiger partial charge is 0.479 e. The van der Waals surface area contributed by atoms with Crippen LogP contribution in [-0.4, -0.2) is 23.2 Å². The van der Waals surface area contributed by atoms with Crippen LogP contribution in [0.4, 0.5) is 5.69 Å². The Hall–Kier alpha value is -3.11. The molecule has 30 heavy (non-hydrogen) atoms. The van der Waals surface area contributed by atoms with Crippen molar-refractivity contribution in [3.8, 4) is 11.1 Å². The lowest BCUT2D eigenvalue weighted by molar-refractivity contribution is -0.160. The first-order valence-corrected chi connectivity index (χ1v) is 10.2. The lowest BCUT2D eigenvalue weighted by Crippen LogP contribution is -2.28. The number of nitrogens with one attached hydrogen (secondary N) is 1. The molecule has 4 heteroatoms. The second kappa shape index (κ2) is 7.62. The zero-order valence-corrected chi connectivity index (χ0v) is 17.8. The van der Waals surface area contributed by atoms with Crippen molar-refractivity contribution in [2.75, 3.05) is 11.9 Å². The van der Waals surface area contributed by atoms with Crippen LogP contribution in [0.15, 0.2) is 54.6 Å². The molecule has 3 aromatic rings. The summed E-state index contributed by atoms with van der Waals surface area (Å²) in [5, 5.41) is 15.7. The summed E-state index contributed by atoms with van der Waals surface area (Å²) in [5.41, 5.74) is 5.05. The van der Waals surface area contributed by atoms with E-state index in [0.29, 0.717) is 5.56 Å². The number of aliphatic carboxylic acids is 1. The molecule has 1 heterocycles. The third-order valence-corrected chi connectivity index (χ3v) is 5.31. The molecule has 0 amide bonds. The third kappa shape index (κ3) is 3.71.